The van der Waals surface area contributed by atoms with Crippen molar-refractivity contribution in [1.82, 2.24) is 40.1 Å². The van der Waals surface area contributed by atoms with Gasteiger partial charge in [-0.3, -0.25) is 19.0 Å². The number of hydrogen-bond acceptors (Lipinski definition) is 6. The van der Waals surface area contributed by atoms with E-state index >= 15 is 0 Å². The summed E-state index contributed by atoms with van der Waals surface area (Å²) in [7, 11) is 0. The Labute approximate surface area is 210 Å². The van der Waals surface area contributed by atoms with Crippen molar-refractivity contribution in [2.75, 3.05) is 18.8 Å². The summed E-state index contributed by atoms with van der Waals surface area (Å²) in [5.41, 5.74) is 8.65. The minimum Gasteiger partial charge on any atom is -0.369 e. The molecule has 4 aromatic heterocycles. The molecule has 0 aromatic carbocycles. The average molecular weight is 553 g/mol. The number of nitrogen functional groups attached to an aromatic ring is 1. The number of carbonyl (C=O) groups excluding carboxylic acids is 2. The maximum atomic E-state index is 13.8. The molecule has 2 aliphatic heterocycles. The van der Waals surface area contributed by atoms with Gasteiger partial charge in [-0.25, -0.2) is 9.98 Å². The number of aromatic nitrogens is 6. The molecule has 13 nitrogen and oxygen atoms in total. The Morgan fingerprint density at radius 1 is 1.28 bits per heavy atom. The zero-order valence-electron chi connectivity index (χ0n) is 18.7. The van der Waals surface area contributed by atoms with Crippen LogP contribution in [0.5, 0.6) is 0 Å². The van der Waals surface area contributed by atoms with Crippen molar-refractivity contribution in [1.29, 1.82) is 0 Å². The number of amides is 2. The number of imidazole rings is 2. The Balaban J connectivity index is 1.44. The zero-order valence-corrected chi connectivity index (χ0v) is 20.3. The Morgan fingerprint density at radius 3 is 2.89 bits per heavy atom. The lowest BCUT2D eigenvalue weighted by molar-refractivity contribution is 0.0937. The number of hydrogen-bond donors (Lipinski definition) is 7. The van der Waals surface area contributed by atoms with E-state index in [2.05, 4.69) is 51.5 Å². The highest BCUT2D eigenvalue weighted by molar-refractivity contribution is 9.10. The van der Waals surface area contributed by atoms with E-state index in [4.69, 9.17) is 10.7 Å². The number of nitrogens with one attached hydrogen (secondary N) is 6. The topological polar surface area (TPSA) is 195 Å². The molecule has 0 aliphatic carbocycles. The van der Waals surface area contributed by atoms with Gasteiger partial charge < -0.3 is 36.3 Å². The molecule has 2 amide bonds. The minimum atomic E-state index is -0.545. The highest BCUT2D eigenvalue weighted by atomic mass is 79.9. The van der Waals surface area contributed by atoms with Crippen molar-refractivity contribution in [3.8, 4) is 0 Å². The first-order valence-electron chi connectivity index (χ1n) is 11.2. The van der Waals surface area contributed by atoms with E-state index in [9.17, 15) is 14.4 Å². The summed E-state index contributed by atoms with van der Waals surface area (Å²) in [4.78, 5) is 59.6. The van der Waals surface area contributed by atoms with Gasteiger partial charge in [-0.2, -0.15) is 0 Å². The Bertz CT molecular complexity index is 1690. The van der Waals surface area contributed by atoms with Crippen LogP contribution >= 0.6 is 15.9 Å². The van der Waals surface area contributed by atoms with Crippen LogP contribution in [0.4, 0.5) is 5.95 Å². The summed E-state index contributed by atoms with van der Waals surface area (Å²) in [6.45, 7) is 0.514. The lowest BCUT2D eigenvalue weighted by atomic mass is 10.0. The molecule has 8 N–H and O–H groups in total. The molecule has 0 saturated carbocycles. The van der Waals surface area contributed by atoms with E-state index in [1.807, 2.05) is 0 Å². The highest BCUT2D eigenvalue weighted by Gasteiger charge is 2.35. The van der Waals surface area contributed by atoms with Crippen LogP contribution in [0.15, 0.2) is 45.0 Å². The van der Waals surface area contributed by atoms with E-state index in [1.54, 1.807) is 35.3 Å². The molecular weight excluding hydrogens is 532 g/mol. The maximum absolute atomic E-state index is 13.8. The van der Waals surface area contributed by atoms with Gasteiger partial charge in [0.2, 0.25) is 5.62 Å². The second kappa shape index (κ2) is 8.41. The van der Waals surface area contributed by atoms with Crippen LogP contribution in [0, 0.1) is 0 Å². The van der Waals surface area contributed by atoms with Gasteiger partial charge >= 0.3 is 0 Å². The standard InChI is InChI=1S/C22H21BrN10O3/c23-9-5-12(27-6-9)18(34)28-8-14-17(13-7-29-21(24)30-13)32-22-31-16(20(36)33(14)22)11-2-4-26-19(35)15-10(11)1-3-25-15/h1,3,5-7,14,17,25,27H,2,4,8H2,(H,26,35)(H,28,34)(H,31,32)(H3,24,29,30)/b16-11+/t14-,17-/m1/s1. The molecule has 0 fully saturated rings. The Hall–Kier alpha value is -4.33. The molecule has 184 valence electrons. The summed E-state index contributed by atoms with van der Waals surface area (Å²) in [5, 5.41) is 6.08. The van der Waals surface area contributed by atoms with Gasteiger partial charge in [0, 0.05) is 35.5 Å². The van der Waals surface area contributed by atoms with Crippen molar-refractivity contribution < 1.29 is 9.59 Å². The average Bonchev–Trinajstić information content (AvgIpc) is 3.66. The van der Waals surface area contributed by atoms with E-state index in [0.717, 1.165) is 4.47 Å². The molecule has 0 bridgehead atoms. The highest BCUT2D eigenvalue weighted by Crippen LogP contribution is 2.30. The summed E-state index contributed by atoms with van der Waals surface area (Å²) >= 11 is 3.32. The van der Waals surface area contributed by atoms with Gasteiger partial charge in [-0.1, -0.05) is 0 Å². The molecule has 0 saturated heterocycles. The van der Waals surface area contributed by atoms with Gasteiger partial charge in [0.15, 0.2) is 5.95 Å². The predicted molar refractivity (Wildman–Crippen MR) is 132 cm³/mol. The fourth-order valence-electron chi connectivity index (χ4n) is 4.77. The molecule has 2 atom stereocenters. The van der Waals surface area contributed by atoms with Crippen LogP contribution < -0.4 is 32.9 Å². The third-order valence-electron chi connectivity index (χ3n) is 6.41. The molecule has 0 radical (unpaired) electrons. The van der Waals surface area contributed by atoms with Crippen LogP contribution in [0.25, 0.3) is 5.57 Å². The normalized spacial score (nSPS) is 20.3. The molecular formula is C22H21BrN10O3. The largest absolute Gasteiger partial charge is 0.369 e. The summed E-state index contributed by atoms with van der Waals surface area (Å²) in [6, 6.07) is 2.38. The van der Waals surface area contributed by atoms with Crippen LogP contribution in [0.2, 0.25) is 0 Å². The zero-order chi connectivity index (χ0) is 25.0. The SMILES string of the molecule is Nc1ncc([C@H]2N=c3[nH]/c(=C4\CCNC(=O)c5[nH]ccc54)c(=O)n3[C@@H]2CNC(=O)c2cc(Br)c[nH]2)[nH]1. The van der Waals surface area contributed by atoms with Gasteiger partial charge in [-0.15, -0.1) is 0 Å². The monoisotopic (exact) mass is 552 g/mol. The molecule has 2 aliphatic rings. The van der Waals surface area contributed by atoms with E-state index < -0.39 is 12.1 Å². The first kappa shape index (κ1) is 22.2. The fraction of sp³-hybridized carbons (Fsp3) is 0.227. The lowest BCUT2D eigenvalue weighted by Gasteiger charge is -2.19. The number of aromatic amines is 4. The van der Waals surface area contributed by atoms with Crippen molar-refractivity contribution >= 4 is 39.3 Å². The molecule has 14 heteroatoms. The minimum absolute atomic E-state index is 0.123. The van der Waals surface area contributed by atoms with Crippen molar-refractivity contribution in [3.05, 3.63) is 79.2 Å². The second-order valence-electron chi connectivity index (χ2n) is 8.56. The van der Waals surface area contributed by atoms with Gasteiger partial charge in [0.25, 0.3) is 17.4 Å². The lowest BCUT2D eigenvalue weighted by Crippen LogP contribution is -2.40. The number of carbonyl (C=O) groups is 2. The number of H-pyrrole nitrogens is 4. The Kier molecular flexibility index (Phi) is 5.17. The first-order valence-corrected chi connectivity index (χ1v) is 12.0. The molecule has 0 unspecified atom stereocenters. The van der Waals surface area contributed by atoms with Gasteiger partial charge in [-0.05, 0) is 40.1 Å². The number of fused-ring (bicyclic) bond motifs is 2. The number of nitrogens with zero attached hydrogens (tertiary/aromatic N) is 3. The molecule has 36 heavy (non-hydrogen) atoms. The van der Waals surface area contributed by atoms with E-state index in [1.165, 1.54) is 0 Å². The molecule has 6 rings (SSSR count). The molecule has 0 spiro atoms. The number of rotatable bonds is 4. The van der Waals surface area contributed by atoms with E-state index in [-0.39, 0.29) is 29.9 Å². The second-order valence-corrected chi connectivity index (χ2v) is 9.47. The number of halogens is 1. The van der Waals surface area contributed by atoms with E-state index in [0.29, 0.717) is 52.2 Å². The van der Waals surface area contributed by atoms with Crippen LogP contribution in [-0.4, -0.2) is 54.4 Å². The maximum Gasteiger partial charge on any atom is 0.277 e. The van der Waals surface area contributed by atoms with Crippen LogP contribution in [0.3, 0.4) is 0 Å². The third-order valence-corrected chi connectivity index (χ3v) is 6.87. The van der Waals surface area contributed by atoms with Crippen molar-refractivity contribution in [2.24, 2.45) is 4.99 Å². The van der Waals surface area contributed by atoms with Crippen LogP contribution in [0.1, 0.15) is 50.7 Å². The van der Waals surface area contributed by atoms with Crippen LogP contribution in [-0.2, 0) is 0 Å². The summed E-state index contributed by atoms with van der Waals surface area (Å²) < 4.78 is 2.29. The summed E-state index contributed by atoms with van der Waals surface area (Å²) in [6.07, 6.45) is 5.37. The number of anilines is 1. The Morgan fingerprint density at radius 2 is 2.14 bits per heavy atom. The van der Waals surface area contributed by atoms with Crippen molar-refractivity contribution in [3.63, 3.8) is 0 Å². The van der Waals surface area contributed by atoms with Gasteiger partial charge in [0.1, 0.15) is 22.8 Å². The third kappa shape index (κ3) is 3.57. The number of nitrogens with two attached hydrogens (primary N) is 1. The first-order chi connectivity index (χ1) is 17.4. The quantitative estimate of drug-likeness (QED) is 0.180. The summed E-state index contributed by atoms with van der Waals surface area (Å²) in [5.74, 6) is -0.308. The van der Waals surface area contributed by atoms with Crippen molar-refractivity contribution in [2.45, 2.75) is 18.5 Å². The predicted octanol–water partition coefficient (Wildman–Crippen LogP) is -0.421. The fourth-order valence-corrected chi connectivity index (χ4v) is 5.12. The molecule has 4 aromatic rings. The smallest absolute Gasteiger partial charge is 0.277 e. The molecule has 6 heterocycles. The van der Waals surface area contributed by atoms with Gasteiger partial charge in [0.05, 0.1) is 17.9 Å².